The smallest absolute Gasteiger partial charge is 0.139 e. The summed E-state index contributed by atoms with van der Waals surface area (Å²) in [5.74, 6) is 0.550. The Morgan fingerprint density at radius 3 is 2.71 bits per heavy atom. The molecule has 0 amide bonds. The van der Waals surface area contributed by atoms with Crippen molar-refractivity contribution in [1.29, 1.82) is 0 Å². The molecule has 3 nitrogen and oxygen atoms in total. The molecule has 0 bridgehead atoms. The lowest BCUT2D eigenvalue weighted by Crippen LogP contribution is -2.17. The van der Waals surface area contributed by atoms with Crippen LogP contribution in [0.15, 0.2) is 5.16 Å². The van der Waals surface area contributed by atoms with Crippen LogP contribution in [-0.2, 0) is 0 Å². The molecule has 0 saturated heterocycles. The summed E-state index contributed by atoms with van der Waals surface area (Å²) in [4.78, 5) is 0. The number of hydrogen-bond donors (Lipinski definition) is 2. The van der Waals surface area contributed by atoms with E-state index >= 15 is 0 Å². The lowest BCUT2D eigenvalue weighted by molar-refractivity contribution is 0.316. The molecule has 0 fully saturated rings. The zero-order valence-electron chi connectivity index (χ0n) is 3.98. The average Bonchev–Trinajstić information content (AvgIpc) is 1.68. The van der Waals surface area contributed by atoms with Gasteiger partial charge in [-0.05, 0) is 6.92 Å². The van der Waals surface area contributed by atoms with Crippen molar-refractivity contribution in [3.05, 3.63) is 0 Å². The third kappa shape index (κ3) is 3.84. The summed E-state index contributed by atoms with van der Waals surface area (Å²) < 4.78 is 0.771. The van der Waals surface area contributed by atoms with Crippen LogP contribution < -0.4 is 5.32 Å². The second-order valence-electron chi connectivity index (χ2n) is 0.996. The number of halogens is 1. The Hall–Kier alpha value is 0. The molecule has 0 saturated carbocycles. The van der Waals surface area contributed by atoms with Gasteiger partial charge >= 0.3 is 0 Å². The Labute approximate surface area is 55.9 Å². The lowest BCUT2D eigenvalue weighted by Gasteiger charge is -1.93. The third-order valence-electron chi connectivity index (χ3n) is 0.473. The molecule has 0 spiro atoms. The van der Waals surface area contributed by atoms with E-state index in [1.54, 1.807) is 6.92 Å². The zero-order chi connectivity index (χ0) is 5.70. The predicted octanol–water partition coefficient (Wildman–Crippen LogP) is 0.776. The highest BCUT2D eigenvalue weighted by molar-refractivity contribution is 14.1. The molecule has 2 N–H and O–H groups in total. The Morgan fingerprint density at radius 1 is 2.00 bits per heavy atom. The van der Waals surface area contributed by atoms with Crippen LogP contribution >= 0.6 is 22.6 Å². The number of alkyl halides is 1. The molecule has 0 atom stereocenters. The monoisotopic (exact) mass is 214 g/mol. The van der Waals surface area contributed by atoms with Crippen molar-refractivity contribution in [2.24, 2.45) is 5.16 Å². The molecule has 7 heavy (non-hydrogen) atoms. The number of nitrogens with zero attached hydrogens (tertiary/aromatic N) is 1. The van der Waals surface area contributed by atoms with Gasteiger partial charge in [0.15, 0.2) is 0 Å². The van der Waals surface area contributed by atoms with Crippen molar-refractivity contribution in [2.45, 2.75) is 6.92 Å². The maximum absolute atomic E-state index is 7.99. The van der Waals surface area contributed by atoms with Gasteiger partial charge in [0.25, 0.3) is 0 Å². The van der Waals surface area contributed by atoms with Gasteiger partial charge < -0.3 is 10.5 Å². The molecule has 0 radical (unpaired) electrons. The number of nitrogens with one attached hydrogen (secondary N) is 1. The second-order valence-corrected chi connectivity index (χ2v) is 1.76. The first-order valence-electron chi connectivity index (χ1n) is 1.79. The molecular weight excluding hydrogens is 207 g/mol. The minimum absolute atomic E-state index is 0.550. The van der Waals surface area contributed by atoms with Gasteiger partial charge in [-0.2, -0.15) is 0 Å². The molecule has 0 aliphatic carbocycles. The van der Waals surface area contributed by atoms with Gasteiger partial charge in [0.1, 0.15) is 5.84 Å². The summed E-state index contributed by atoms with van der Waals surface area (Å²) >= 11 is 2.12. The fourth-order valence-corrected chi connectivity index (χ4v) is 0.684. The molecular formula is C3H7IN2O. The molecule has 42 valence electrons. The zero-order valence-corrected chi connectivity index (χ0v) is 6.14. The summed E-state index contributed by atoms with van der Waals surface area (Å²) in [6.07, 6.45) is 0. The Kier molecular flexibility index (Phi) is 4.17. The maximum atomic E-state index is 7.99. The van der Waals surface area contributed by atoms with Crippen molar-refractivity contribution in [2.75, 3.05) is 4.55 Å². The summed E-state index contributed by atoms with van der Waals surface area (Å²) in [6, 6.07) is 0. The molecule has 0 unspecified atom stereocenters. The summed E-state index contributed by atoms with van der Waals surface area (Å²) in [5, 5.41) is 13.6. The van der Waals surface area contributed by atoms with Gasteiger partial charge in [0.2, 0.25) is 0 Å². The first-order valence-corrected chi connectivity index (χ1v) is 3.32. The number of hydrogen-bond acceptors (Lipinski definition) is 2. The highest BCUT2D eigenvalue weighted by Gasteiger charge is 1.80. The van der Waals surface area contributed by atoms with Crippen LogP contribution in [0.3, 0.4) is 0 Å². The van der Waals surface area contributed by atoms with Crippen molar-refractivity contribution in [3.63, 3.8) is 0 Å². The van der Waals surface area contributed by atoms with Gasteiger partial charge in [-0.1, -0.05) is 27.7 Å². The molecule has 0 rings (SSSR count). The van der Waals surface area contributed by atoms with Crippen LogP contribution in [0.2, 0.25) is 0 Å². The van der Waals surface area contributed by atoms with E-state index in [1.165, 1.54) is 0 Å². The third-order valence-corrected chi connectivity index (χ3v) is 0.854. The van der Waals surface area contributed by atoms with Crippen molar-refractivity contribution < 1.29 is 5.21 Å². The van der Waals surface area contributed by atoms with E-state index in [0.29, 0.717) is 5.84 Å². The van der Waals surface area contributed by atoms with Crippen molar-refractivity contribution >= 4 is 28.4 Å². The SMILES string of the molecule is C/C(=N/O)NCI. The molecule has 0 aromatic carbocycles. The van der Waals surface area contributed by atoms with Gasteiger partial charge in [0, 0.05) is 0 Å². The Balaban J connectivity index is 3.17. The summed E-state index contributed by atoms with van der Waals surface area (Å²) in [7, 11) is 0. The van der Waals surface area contributed by atoms with Gasteiger partial charge in [-0.25, -0.2) is 0 Å². The highest BCUT2D eigenvalue weighted by Crippen LogP contribution is 1.73. The van der Waals surface area contributed by atoms with Gasteiger partial charge in [-0.3, -0.25) is 0 Å². The van der Waals surface area contributed by atoms with Crippen LogP contribution in [-0.4, -0.2) is 15.6 Å². The lowest BCUT2D eigenvalue weighted by atomic mass is 10.7. The molecule has 0 heterocycles. The normalized spacial score (nSPS) is 11.4. The number of amidine groups is 1. The number of oxime groups is 1. The van der Waals surface area contributed by atoms with E-state index < -0.39 is 0 Å². The molecule has 0 aliphatic rings. The van der Waals surface area contributed by atoms with Crippen LogP contribution in [0.1, 0.15) is 6.92 Å². The minimum atomic E-state index is 0.550. The fraction of sp³-hybridized carbons (Fsp3) is 0.667. The van der Waals surface area contributed by atoms with E-state index in [4.69, 9.17) is 5.21 Å². The van der Waals surface area contributed by atoms with Crippen LogP contribution in [0.4, 0.5) is 0 Å². The predicted molar refractivity (Wildman–Crippen MR) is 36.9 cm³/mol. The second kappa shape index (κ2) is 4.17. The van der Waals surface area contributed by atoms with Crippen LogP contribution in [0.25, 0.3) is 0 Å². The van der Waals surface area contributed by atoms with Gasteiger partial charge in [0.05, 0.1) is 4.55 Å². The largest absolute Gasteiger partial charge is 0.409 e. The summed E-state index contributed by atoms with van der Waals surface area (Å²) in [6.45, 7) is 1.69. The van der Waals surface area contributed by atoms with Crippen LogP contribution in [0.5, 0.6) is 0 Å². The first kappa shape index (κ1) is 7.00. The fourth-order valence-electron chi connectivity index (χ4n) is 0.132. The van der Waals surface area contributed by atoms with Crippen molar-refractivity contribution in [3.8, 4) is 0 Å². The van der Waals surface area contributed by atoms with Crippen molar-refractivity contribution in [1.82, 2.24) is 5.32 Å². The minimum Gasteiger partial charge on any atom is -0.409 e. The summed E-state index contributed by atoms with van der Waals surface area (Å²) in [5.41, 5.74) is 0. The molecule has 0 aromatic heterocycles. The van der Waals surface area contributed by atoms with E-state index in [9.17, 15) is 0 Å². The van der Waals surface area contributed by atoms with E-state index in [1.807, 2.05) is 0 Å². The Morgan fingerprint density at radius 2 is 2.57 bits per heavy atom. The molecule has 0 aromatic rings. The topological polar surface area (TPSA) is 44.6 Å². The first-order chi connectivity index (χ1) is 3.31. The molecule has 4 heteroatoms. The average molecular weight is 214 g/mol. The highest BCUT2D eigenvalue weighted by atomic mass is 127. The quantitative estimate of drug-likeness (QED) is 0.129. The van der Waals surface area contributed by atoms with E-state index in [2.05, 4.69) is 33.1 Å². The standard InChI is InChI=1S/C3H7IN2O/c1-3(6-7)5-2-4/h7H,2H2,1H3,(H,5,6). The molecule has 0 aliphatic heterocycles. The van der Waals surface area contributed by atoms with Crippen LogP contribution in [0, 0.1) is 0 Å². The number of rotatable bonds is 1. The van der Waals surface area contributed by atoms with E-state index in [0.717, 1.165) is 4.55 Å². The van der Waals surface area contributed by atoms with Gasteiger partial charge in [-0.15, -0.1) is 0 Å². The Bertz CT molecular complexity index is 73.3. The maximum Gasteiger partial charge on any atom is 0.139 e. The van der Waals surface area contributed by atoms with E-state index in [-0.39, 0.29) is 0 Å².